The Morgan fingerprint density at radius 1 is 1.13 bits per heavy atom. The van der Waals surface area contributed by atoms with E-state index < -0.39 is 21.7 Å². The summed E-state index contributed by atoms with van der Waals surface area (Å²) in [5, 5.41) is 0. The number of pyridine rings is 1. The fourth-order valence-corrected chi connectivity index (χ4v) is 2.77. The zero-order chi connectivity index (χ0) is 16.8. The molecule has 3 rings (SSSR count). The van der Waals surface area contributed by atoms with E-state index in [1.807, 2.05) is 0 Å². The van der Waals surface area contributed by atoms with Crippen LogP contribution in [0.25, 0.3) is 0 Å². The molecule has 0 saturated carbocycles. The van der Waals surface area contributed by atoms with Crippen LogP contribution in [-0.4, -0.2) is 25.5 Å². The lowest BCUT2D eigenvalue weighted by Gasteiger charge is -2.08. The van der Waals surface area contributed by atoms with E-state index in [9.17, 15) is 22.0 Å². The van der Waals surface area contributed by atoms with Gasteiger partial charge in [-0.2, -0.15) is 0 Å². The van der Waals surface area contributed by atoms with Gasteiger partial charge in [0.05, 0.1) is 11.4 Å². The van der Waals surface area contributed by atoms with E-state index in [0.29, 0.717) is 5.56 Å². The van der Waals surface area contributed by atoms with Crippen molar-refractivity contribution in [1.82, 2.24) is 4.57 Å². The lowest BCUT2D eigenvalue weighted by Crippen LogP contribution is -2.25. The third-order valence-electron chi connectivity index (χ3n) is 3.20. The highest BCUT2D eigenvalue weighted by atomic mass is 32.2. The normalized spacial score (nSPS) is 15.6. The molecule has 0 radical (unpaired) electrons. The van der Waals surface area contributed by atoms with Crippen LogP contribution in [-0.2, 0) is 16.4 Å². The van der Waals surface area contributed by atoms with E-state index in [-0.39, 0.29) is 22.9 Å². The number of rotatable bonds is 3. The molecule has 1 aliphatic heterocycles. The number of aromatic nitrogens is 1. The largest absolute Gasteiger partial charge is 0.586 e. The zero-order valence-electron chi connectivity index (χ0n) is 11.8. The van der Waals surface area contributed by atoms with E-state index in [1.54, 1.807) is 0 Å². The topological polar surface area (TPSA) is 74.6 Å². The summed E-state index contributed by atoms with van der Waals surface area (Å²) >= 11 is 0. The Kier molecular flexibility index (Phi) is 3.40. The molecule has 2 aromatic rings. The van der Waals surface area contributed by atoms with Crippen molar-refractivity contribution in [3.05, 3.63) is 52.4 Å². The first-order valence-electron chi connectivity index (χ1n) is 6.43. The van der Waals surface area contributed by atoms with Crippen LogP contribution in [0.1, 0.15) is 5.56 Å². The molecule has 0 amide bonds. The summed E-state index contributed by atoms with van der Waals surface area (Å²) in [6.45, 7) is 0.00437. The lowest BCUT2D eigenvalue weighted by atomic mass is 10.2. The third kappa shape index (κ3) is 3.19. The maximum atomic E-state index is 13.0. The molecule has 0 unspecified atom stereocenters. The Labute approximate surface area is 129 Å². The van der Waals surface area contributed by atoms with Gasteiger partial charge in [-0.25, -0.2) is 8.42 Å². The first kappa shape index (κ1) is 15.5. The molecule has 0 aliphatic carbocycles. The van der Waals surface area contributed by atoms with E-state index in [4.69, 9.17) is 0 Å². The van der Waals surface area contributed by atoms with Gasteiger partial charge in [-0.3, -0.25) is 4.79 Å². The number of halogens is 2. The van der Waals surface area contributed by atoms with Crippen LogP contribution >= 0.6 is 0 Å². The minimum Gasteiger partial charge on any atom is -0.395 e. The fourth-order valence-electron chi connectivity index (χ4n) is 2.14. The molecule has 1 aliphatic rings. The summed E-state index contributed by atoms with van der Waals surface area (Å²) in [6.07, 6.45) is -1.48. The Morgan fingerprint density at radius 2 is 1.83 bits per heavy atom. The van der Waals surface area contributed by atoms with Crippen molar-refractivity contribution < 1.29 is 26.7 Å². The van der Waals surface area contributed by atoms with E-state index >= 15 is 0 Å². The number of ether oxygens (including phenoxy) is 2. The van der Waals surface area contributed by atoms with E-state index in [0.717, 1.165) is 12.3 Å². The second kappa shape index (κ2) is 5.05. The van der Waals surface area contributed by atoms with Gasteiger partial charge < -0.3 is 14.0 Å². The Balaban J connectivity index is 1.94. The molecular formula is C14H11F2NO5S. The number of sulfone groups is 1. The highest BCUT2D eigenvalue weighted by Crippen LogP contribution is 2.41. The summed E-state index contributed by atoms with van der Waals surface area (Å²) in [5.41, 5.74) is 0.0678. The molecule has 1 aromatic carbocycles. The standard InChI is InChI=1S/C14H11F2NO5S/c1-23(19,20)10-3-5-13(18)17(8-10)7-9-2-4-11-12(6-9)22-14(15,16)21-11/h2-6,8H,7H2,1H3. The van der Waals surface area contributed by atoms with Crippen LogP contribution in [0, 0.1) is 0 Å². The van der Waals surface area contributed by atoms with Gasteiger partial charge in [-0.05, 0) is 23.8 Å². The van der Waals surface area contributed by atoms with E-state index in [1.165, 1.54) is 35.0 Å². The van der Waals surface area contributed by atoms with Gasteiger partial charge in [-0.15, -0.1) is 8.78 Å². The number of nitrogens with zero attached hydrogens (tertiary/aromatic N) is 1. The molecule has 0 saturated heterocycles. The van der Waals surface area contributed by atoms with Crippen LogP contribution < -0.4 is 15.0 Å². The highest BCUT2D eigenvalue weighted by Gasteiger charge is 2.43. The van der Waals surface area contributed by atoms with Gasteiger partial charge >= 0.3 is 6.29 Å². The summed E-state index contributed by atoms with van der Waals surface area (Å²) in [5.74, 6) is -0.240. The van der Waals surface area contributed by atoms with Crippen LogP contribution in [0.4, 0.5) is 8.78 Å². The van der Waals surface area contributed by atoms with Crippen molar-refractivity contribution >= 4 is 9.84 Å². The zero-order valence-corrected chi connectivity index (χ0v) is 12.6. The van der Waals surface area contributed by atoms with Gasteiger partial charge in [-0.1, -0.05) is 6.07 Å². The van der Waals surface area contributed by atoms with Gasteiger partial charge in [0.2, 0.25) is 0 Å². The van der Waals surface area contributed by atoms with Gasteiger partial charge in [0, 0.05) is 18.5 Å². The number of alkyl halides is 2. The molecule has 23 heavy (non-hydrogen) atoms. The molecule has 0 fully saturated rings. The average molecular weight is 343 g/mol. The maximum Gasteiger partial charge on any atom is 0.586 e. The van der Waals surface area contributed by atoms with Crippen molar-refractivity contribution in [2.24, 2.45) is 0 Å². The molecule has 1 aromatic heterocycles. The number of fused-ring (bicyclic) bond motifs is 1. The van der Waals surface area contributed by atoms with Crippen molar-refractivity contribution in [1.29, 1.82) is 0 Å². The van der Waals surface area contributed by atoms with Crippen LogP contribution in [0.15, 0.2) is 46.2 Å². The number of hydrogen-bond donors (Lipinski definition) is 0. The molecule has 9 heteroatoms. The number of benzene rings is 1. The van der Waals surface area contributed by atoms with Crippen LogP contribution in [0.3, 0.4) is 0 Å². The molecule has 122 valence electrons. The quantitative estimate of drug-likeness (QED) is 0.847. The van der Waals surface area contributed by atoms with Crippen molar-refractivity contribution in [2.45, 2.75) is 17.7 Å². The Hall–Kier alpha value is -2.42. The summed E-state index contributed by atoms with van der Waals surface area (Å²) < 4.78 is 58.8. The van der Waals surface area contributed by atoms with Crippen molar-refractivity contribution in [3.63, 3.8) is 0 Å². The first-order valence-corrected chi connectivity index (χ1v) is 8.32. The minimum atomic E-state index is -3.71. The Morgan fingerprint density at radius 3 is 2.52 bits per heavy atom. The summed E-state index contributed by atoms with van der Waals surface area (Å²) in [6, 6.07) is 6.46. The molecular weight excluding hydrogens is 332 g/mol. The predicted octanol–water partition coefficient (Wildman–Crippen LogP) is 1.62. The fraction of sp³-hybridized carbons (Fsp3) is 0.214. The minimum absolute atomic E-state index is 0.00437. The van der Waals surface area contributed by atoms with Gasteiger partial charge in [0.15, 0.2) is 21.3 Å². The Bertz CT molecular complexity index is 936. The molecule has 0 atom stereocenters. The van der Waals surface area contributed by atoms with Crippen LogP contribution in [0.2, 0.25) is 0 Å². The molecule has 0 bridgehead atoms. The second-order valence-electron chi connectivity index (χ2n) is 5.05. The second-order valence-corrected chi connectivity index (χ2v) is 7.07. The van der Waals surface area contributed by atoms with Crippen LogP contribution in [0.5, 0.6) is 11.5 Å². The summed E-state index contributed by atoms with van der Waals surface area (Å²) in [4.78, 5) is 11.8. The third-order valence-corrected chi connectivity index (χ3v) is 4.30. The molecule has 2 heterocycles. The lowest BCUT2D eigenvalue weighted by molar-refractivity contribution is -0.286. The highest BCUT2D eigenvalue weighted by molar-refractivity contribution is 7.90. The maximum absolute atomic E-state index is 13.0. The summed E-state index contributed by atoms with van der Waals surface area (Å²) in [7, 11) is -3.46. The molecule has 0 N–H and O–H groups in total. The van der Waals surface area contributed by atoms with Gasteiger partial charge in [0.25, 0.3) is 5.56 Å². The molecule has 6 nitrogen and oxygen atoms in total. The molecule has 0 spiro atoms. The van der Waals surface area contributed by atoms with Crippen molar-refractivity contribution in [3.8, 4) is 11.5 Å². The first-order chi connectivity index (χ1) is 10.6. The smallest absolute Gasteiger partial charge is 0.395 e. The van der Waals surface area contributed by atoms with Gasteiger partial charge in [0.1, 0.15) is 0 Å². The predicted molar refractivity (Wildman–Crippen MR) is 75.6 cm³/mol. The van der Waals surface area contributed by atoms with Crippen molar-refractivity contribution in [2.75, 3.05) is 6.26 Å². The number of hydrogen-bond acceptors (Lipinski definition) is 5. The monoisotopic (exact) mass is 343 g/mol. The average Bonchev–Trinajstić information content (AvgIpc) is 2.73. The van der Waals surface area contributed by atoms with E-state index in [2.05, 4.69) is 9.47 Å². The SMILES string of the molecule is CS(=O)(=O)c1ccc(=O)n(Cc2ccc3c(c2)OC(F)(F)O3)c1.